The zero-order valence-electron chi connectivity index (χ0n) is 19.8. The van der Waals surface area contributed by atoms with Gasteiger partial charge in [-0.1, -0.05) is 43.0 Å². The van der Waals surface area contributed by atoms with E-state index in [9.17, 15) is 9.59 Å². The monoisotopic (exact) mass is 482 g/mol. The third-order valence-corrected chi connectivity index (χ3v) is 6.49. The molecule has 0 bridgehead atoms. The Labute approximate surface area is 206 Å². The molecule has 8 heteroatoms. The molecule has 0 atom stereocenters. The Kier molecular flexibility index (Phi) is 11.8. The number of nitrogens with one attached hydrogen (secondary N) is 1. The van der Waals surface area contributed by atoms with E-state index in [1.54, 1.807) is 28.5 Å². The van der Waals surface area contributed by atoms with Crippen molar-refractivity contribution >= 4 is 28.7 Å². The summed E-state index contributed by atoms with van der Waals surface area (Å²) in [6.45, 7) is 9.39. The van der Waals surface area contributed by atoms with E-state index in [4.69, 9.17) is 10.5 Å². The van der Waals surface area contributed by atoms with Crippen molar-refractivity contribution in [2.45, 2.75) is 38.8 Å². The minimum atomic E-state index is -0.259. The number of amides is 1. The molecule has 1 aliphatic heterocycles. The summed E-state index contributed by atoms with van der Waals surface area (Å²) in [5.41, 5.74) is 10.2. The van der Waals surface area contributed by atoms with Crippen LogP contribution in [-0.2, 0) is 35.5 Å². The molecular weight excluding hydrogens is 448 g/mol. The van der Waals surface area contributed by atoms with Crippen LogP contribution in [0.5, 0.6) is 0 Å². The lowest BCUT2D eigenvalue weighted by molar-refractivity contribution is -0.107. The van der Waals surface area contributed by atoms with Crippen LogP contribution in [0.1, 0.15) is 34.5 Å². The minimum absolute atomic E-state index is 0.259. The first-order valence-electron chi connectivity index (χ1n) is 11.3. The highest BCUT2D eigenvalue weighted by atomic mass is 32.1. The van der Waals surface area contributed by atoms with Gasteiger partial charge in [-0.25, -0.2) is 4.79 Å². The zero-order valence-corrected chi connectivity index (χ0v) is 20.6. The van der Waals surface area contributed by atoms with Crippen LogP contribution in [0.25, 0.3) is 0 Å². The number of rotatable bonds is 10. The Bertz CT molecular complexity index is 985. The topological polar surface area (TPSA) is 97.6 Å². The Morgan fingerprint density at radius 2 is 2.24 bits per heavy atom. The molecule has 0 saturated carbocycles. The number of nitrogens with two attached hydrogens (primary N) is 1. The second-order valence-electron chi connectivity index (χ2n) is 7.58. The second-order valence-corrected chi connectivity index (χ2v) is 8.69. The summed E-state index contributed by atoms with van der Waals surface area (Å²) in [7, 11) is 1.90. The van der Waals surface area contributed by atoms with E-state index in [2.05, 4.69) is 23.5 Å². The first-order chi connectivity index (χ1) is 16.5. The molecule has 0 radical (unpaired) electrons. The van der Waals surface area contributed by atoms with Crippen molar-refractivity contribution in [3.8, 4) is 0 Å². The first-order valence-corrected chi connectivity index (χ1v) is 12.1. The number of allylic oxidation sites excluding steroid dienone is 4. The van der Waals surface area contributed by atoms with Gasteiger partial charge in [0.1, 0.15) is 6.29 Å². The maximum Gasteiger partial charge on any atom is 0.410 e. The Balaban J connectivity index is 0.000000347. The van der Waals surface area contributed by atoms with Gasteiger partial charge in [-0.15, -0.1) is 11.3 Å². The van der Waals surface area contributed by atoms with Crippen LogP contribution in [0.3, 0.4) is 0 Å². The first kappa shape index (κ1) is 27.0. The molecule has 0 aliphatic carbocycles. The van der Waals surface area contributed by atoms with Crippen LogP contribution in [0.2, 0.25) is 0 Å². The number of hydrogen-bond donors (Lipinski definition) is 2. The Morgan fingerprint density at radius 3 is 2.88 bits per heavy atom. The minimum Gasteiger partial charge on any atom is -0.449 e. The third-order valence-electron chi connectivity index (χ3n) is 5.22. The molecule has 0 saturated heterocycles. The SMILES string of the molecule is C=C/C=C\C(=C)CCC=O.CNc1sc2c(c1CN)CCN(C(=O)OCCc1ccccn1)C2. The number of pyridine rings is 1. The standard InChI is InChI=1S/C17H22N4O2S.C9H12O/c1-19-16-14(10-18)13-5-8-21(11-15(13)24-16)17(22)23-9-6-12-4-2-3-7-20-12;1-3-4-6-9(2)7-5-8-10/h2-4,7,19H,5-6,8-11,18H2,1H3;3-4,6,8H,1-2,5,7H2/b;6-4-. The number of nitrogens with zero attached hydrogens (tertiary/aromatic N) is 2. The highest BCUT2D eigenvalue weighted by molar-refractivity contribution is 7.16. The molecule has 0 unspecified atom stereocenters. The molecule has 34 heavy (non-hydrogen) atoms. The fourth-order valence-electron chi connectivity index (χ4n) is 3.45. The quantitative estimate of drug-likeness (QED) is 0.378. The van der Waals surface area contributed by atoms with Gasteiger partial charge in [-0.05, 0) is 30.5 Å². The Hall–Kier alpha value is -3.23. The van der Waals surface area contributed by atoms with E-state index in [0.29, 0.717) is 39.1 Å². The van der Waals surface area contributed by atoms with Crippen molar-refractivity contribution in [3.63, 3.8) is 0 Å². The largest absolute Gasteiger partial charge is 0.449 e. The van der Waals surface area contributed by atoms with Crippen molar-refractivity contribution in [1.82, 2.24) is 9.88 Å². The van der Waals surface area contributed by atoms with Gasteiger partial charge in [0.05, 0.1) is 18.2 Å². The van der Waals surface area contributed by atoms with Crippen LogP contribution >= 0.6 is 11.3 Å². The lowest BCUT2D eigenvalue weighted by atomic mass is 10.0. The van der Waals surface area contributed by atoms with Crippen molar-refractivity contribution in [2.24, 2.45) is 5.73 Å². The van der Waals surface area contributed by atoms with Crippen LogP contribution < -0.4 is 11.1 Å². The molecule has 3 N–H and O–H groups in total. The van der Waals surface area contributed by atoms with E-state index in [1.807, 2.05) is 37.4 Å². The predicted octanol–water partition coefficient (Wildman–Crippen LogP) is 4.64. The molecule has 0 aromatic carbocycles. The zero-order chi connectivity index (χ0) is 24.8. The molecule has 0 spiro atoms. The molecule has 7 nitrogen and oxygen atoms in total. The summed E-state index contributed by atoms with van der Waals surface area (Å²) in [6, 6.07) is 5.73. The van der Waals surface area contributed by atoms with Crippen molar-refractivity contribution in [3.05, 3.63) is 83.1 Å². The molecule has 2 aromatic rings. The van der Waals surface area contributed by atoms with Crippen LogP contribution in [0.4, 0.5) is 9.80 Å². The molecule has 1 amide bonds. The molecule has 3 rings (SSSR count). The maximum atomic E-state index is 12.3. The van der Waals surface area contributed by atoms with E-state index in [-0.39, 0.29) is 6.09 Å². The summed E-state index contributed by atoms with van der Waals surface area (Å²) in [4.78, 5) is 29.4. The fraction of sp³-hybridized carbons (Fsp3) is 0.346. The van der Waals surface area contributed by atoms with Crippen molar-refractivity contribution in [1.29, 1.82) is 0 Å². The van der Waals surface area contributed by atoms with Gasteiger partial charge >= 0.3 is 6.09 Å². The number of aldehydes is 1. The average molecular weight is 483 g/mol. The predicted molar refractivity (Wildman–Crippen MR) is 139 cm³/mol. The highest BCUT2D eigenvalue weighted by Crippen LogP contribution is 2.36. The van der Waals surface area contributed by atoms with Crippen molar-refractivity contribution < 1.29 is 14.3 Å². The smallest absolute Gasteiger partial charge is 0.410 e. The lowest BCUT2D eigenvalue weighted by Gasteiger charge is -2.26. The van der Waals surface area contributed by atoms with Gasteiger partial charge in [0.2, 0.25) is 0 Å². The number of hydrogen-bond acceptors (Lipinski definition) is 7. The number of ether oxygens (including phenoxy) is 1. The van der Waals surface area contributed by atoms with E-state index in [0.717, 1.165) is 35.4 Å². The van der Waals surface area contributed by atoms with Gasteiger partial charge in [-0.3, -0.25) is 4.98 Å². The summed E-state index contributed by atoms with van der Waals surface area (Å²) in [6.07, 6.45) is 10.5. The maximum absolute atomic E-state index is 12.3. The van der Waals surface area contributed by atoms with Gasteiger partial charge in [-0.2, -0.15) is 0 Å². The number of carbonyl (C=O) groups excluding carboxylic acids is 2. The number of fused-ring (bicyclic) bond motifs is 1. The summed E-state index contributed by atoms with van der Waals surface area (Å²) < 4.78 is 5.40. The third kappa shape index (κ3) is 8.28. The van der Waals surface area contributed by atoms with Gasteiger partial charge in [0.25, 0.3) is 0 Å². The number of carbonyl (C=O) groups is 2. The number of anilines is 1. The second kappa shape index (κ2) is 14.8. The fourth-order valence-corrected chi connectivity index (χ4v) is 4.70. The molecular formula is C26H34N4O3S. The van der Waals surface area contributed by atoms with E-state index in [1.165, 1.54) is 16.0 Å². The molecule has 2 aromatic heterocycles. The summed E-state index contributed by atoms with van der Waals surface area (Å²) in [5.74, 6) is 0. The summed E-state index contributed by atoms with van der Waals surface area (Å²) >= 11 is 1.68. The van der Waals surface area contributed by atoms with Crippen LogP contribution in [0.15, 0.2) is 61.4 Å². The van der Waals surface area contributed by atoms with Crippen LogP contribution in [-0.4, -0.2) is 42.5 Å². The average Bonchev–Trinajstić information content (AvgIpc) is 3.24. The van der Waals surface area contributed by atoms with Gasteiger partial charge < -0.3 is 25.5 Å². The highest BCUT2D eigenvalue weighted by Gasteiger charge is 2.26. The number of aromatic nitrogens is 1. The van der Waals surface area contributed by atoms with E-state index < -0.39 is 0 Å². The Morgan fingerprint density at radius 1 is 1.41 bits per heavy atom. The normalized spacial score (nSPS) is 12.4. The molecule has 3 heterocycles. The van der Waals surface area contributed by atoms with Gasteiger partial charge in [0.15, 0.2) is 0 Å². The van der Waals surface area contributed by atoms with Gasteiger partial charge in [0, 0.05) is 55.3 Å². The number of thiophene rings is 1. The summed E-state index contributed by atoms with van der Waals surface area (Å²) in [5, 5.41) is 4.30. The lowest BCUT2D eigenvalue weighted by Crippen LogP contribution is -2.36. The van der Waals surface area contributed by atoms with Crippen molar-refractivity contribution in [2.75, 3.05) is 25.5 Å². The molecule has 0 fully saturated rings. The van der Waals surface area contributed by atoms with Crippen LogP contribution in [0, 0.1) is 0 Å². The molecule has 1 aliphatic rings. The molecule has 182 valence electrons. The van der Waals surface area contributed by atoms with E-state index >= 15 is 0 Å².